The van der Waals surface area contributed by atoms with Gasteiger partial charge in [-0.05, 0) is 12.8 Å². The van der Waals surface area contributed by atoms with Crippen LogP contribution < -0.4 is 0 Å². The molecule has 0 spiro atoms. The molecule has 0 aliphatic rings. The van der Waals surface area contributed by atoms with Gasteiger partial charge in [-0.2, -0.15) is 0 Å². The van der Waals surface area contributed by atoms with Crippen molar-refractivity contribution in [1.29, 1.82) is 0 Å². The zero-order valence-corrected chi connectivity index (χ0v) is 6.39. The van der Waals surface area contributed by atoms with Crippen molar-refractivity contribution in [3.63, 3.8) is 0 Å². The van der Waals surface area contributed by atoms with Crippen molar-refractivity contribution >= 4 is 6.29 Å². The highest BCUT2D eigenvalue weighted by Crippen LogP contribution is 1.96. The van der Waals surface area contributed by atoms with Crippen LogP contribution in [-0.2, 0) is 4.79 Å². The van der Waals surface area contributed by atoms with E-state index < -0.39 is 0 Å². The van der Waals surface area contributed by atoms with E-state index in [2.05, 4.69) is 19.6 Å². The smallest absolute Gasteiger partial charge is 0.228 e. The van der Waals surface area contributed by atoms with Crippen molar-refractivity contribution in [1.82, 2.24) is 0 Å². The maximum Gasteiger partial charge on any atom is 0.228 e. The summed E-state index contributed by atoms with van der Waals surface area (Å²) in [6.45, 7) is 5.61. The average molecular weight is 137 g/mol. The highest BCUT2D eigenvalue weighted by molar-refractivity contribution is 5.73. The minimum Gasteiger partial charge on any atom is -0.285 e. The molecule has 0 atom stereocenters. The molecule has 0 unspecified atom stereocenters. The summed E-state index contributed by atoms with van der Waals surface area (Å²) < 4.78 is 0. The summed E-state index contributed by atoms with van der Waals surface area (Å²) >= 11 is 0. The fraction of sp³-hybridized carbons (Fsp3) is 0.444. The number of unbranched alkanes of at least 4 members (excludes halogenated alkanes) is 1. The van der Waals surface area contributed by atoms with Crippen LogP contribution in [0.3, 0.4) is 0 Å². The first-order valence-electron chi connectivity index (χ1n) is 3.52. The van der Waals surface area contributed by atoms with Crippen LogP contribution >= 0.6 is 0 Å². The van der Waals surface area contributed by atoms with Gasteiger partial charge in [0.1, 0.15) is 0 Å². The van der Waals surface area contributed by atoms with Crippen molar-refractivity contribution in [2.45, 2.75) is 26.2 Å². The van der Waals surface area contributed by atoms with Crippen LogP contribution in [0.2, 0.25) is 0 Å². The van der Waals surface area contributed by atoms with E-state index in [9.17, 15) is 4.79 Å². The highest BCUT2D eigenvalue weighted by atomic mass is 16.1. The molecule has 0 aliphatic heterocycles. The van der Waals surface area contributed by atoms with Gasteiger partial charge in [-0.25, -0.2) is 0 Å². The average Bonchev–Trinajstić information content (AvgIpc) is 1.98. The lowest BCUT2D eigenvalue weighted by atomic mass is 10.2. The summed E-state index contributed by atoms with van der Waals surface area (Å²) in [4.78, 5) is 9.91. The summed E-state index contributed by atoms with van der Waals surface area (Å²) in [5, 5.41) is 0. The molecule has 0 heterocycles. The van der Waals surface area contributed by atoms with Gasteiger partial charge in [0.2, 0.25) is 6.29 Å². The van der Waals surface area contributed by atoms with E-state index in [0.717, 1.165) is 12.8 Å². The zero-order chi connectivity index (χ0) is 7.82. The molecule has 0 amide bonds. The van der Waals surface area contributed by atoms with Crippen LogP contribution in [-0.4, -0.2) is 6.29 Å². The summed E-state index contributed by atoms with van der Waals surface area (Å²) in [5.41, 5.74) is 0.521. The molecule has 0 N–H and O–H groups in total. The normalized spacial score (nSPS) is 10.1. The van der Waals surface area contributed by atoms with Crippen LogP contribution in [0.15, 0.2) is 24.3 Å². The van der Waals surface area contributed by atoms with Crippen LogP contribution in [0.1, 0.15) is 26.2 Å². The Hall–Kier alpha value is -0.850. The van der Waals surface area contributed by atoms with Crippen molar-refractivity contribution < 1.29 is 4.79 Å². The second-order valence-electron chi connectivity index (χ2n) is 2.17. The Balaban J connectivity index is 3.33. The van der Waals surface area contributed by atoms with Gasteiger partial charge in [0.25, 0.3) is 0 Å². The van der Waals surface area contributed by atoms with Gasteiger partial charge in [0.15, 0.2) is 0 Å². The first-order valence-corrected chi connectivity index (χ1v) is 3.52. The van der Waals surface area contributed by atoms with Gasteiger partial charge in [0, 0.05) is 5.57 Å². The summed E-state index contributed by atoms with van der Waals surface area (Å²) in [7, 11) is 0. The first kappa shape index (κ1) is 9.15. The highest BCUT2D eigenvalue weighted by Gasteiger charge is 1.85. The summed E-state index contributed by atoms with van der Waals surface area (Å²) in [5.74, 6) is 0. The molecule has 0 aromatic heterocycles. The lowest BCUT2D eigenvalue weighted by Crippen LogP contribution is -1.77. The van der Waals surface area contributed by atoms with E-state index in [-0.39, 0.29) is 0 Å². The fourth-order valence-corrected chi connectivity index (χ4v) is 0.552. The van der Waals surface area contributed by atoms with Gasteiger partial charge in [0.05, 0.1) is 0 Å². The van der Waals surface area contributed by atoms with E-state index in [4.69, 9.17) is 0 Å². The molecule has 0 aromatic rings. The molecule has 0 saturated carbocycles. The third-order valence-electron chi connectivity index (χ3n) is 1.13. The first-order chi connectivity index (χ1) is 4.81. The largest absolute Gasteiger partial charge is 0.285 e. The molecule has 55 valence electrons. The van der Waals surface area contributed by atoms with E-state index in [1.807, 2.05) is 6.08 Å². The number of rotatable bonds is 5. The molecule has 0 aliphatic carbocycles. The quantitative estimate of drug-likeness (QED) is 0.420. The Morgan fingerprint density at radius 1 is 1.60 bits per heavy atom. The third kappa shape index (κ3) is 5.29. The Labute approximate surface area is 62.4 Å². The van der Waals surface area contributed by atoms with Crippen molar-refractivity contribution in [2.24, 2.45) is 0 Å². The maximum atomic E-state index is 9.91. The third-order valence-corrected chi connectivity index (χ3v) is 1.13. The molecule has 0 aromatic carbocycles. The van der Waals surface area contributed by atoms with Crippen LogP contribution in [0, 0.1) is 0 Å². The Bertz CT molecular complexity index is 134. The molecule has 1 heteroatoms. The molecule has 0 fully saturated rings. The summed E-state index contributed by atoms with van der Waals surface area (Å²) in [6, 6.07) is 0. The molecule has 1 nitrogen and oxygen atoms in total. The number of carbonyl (C=O) groups excluding carboxylic acids is 1. The molecule has 0 bridgehead atoms. The molecular formula is C9H13O. The SMILES string of the molecule is C=C([C]=O)CC=CCCC. The van der Waals surface area contributed by atoms with Crippen LogP contribution in [0.4, 0.5) is 0 Å². The summed E-state index contributed by atoms with van der Waals surface area (Å²) in [6.07, 6.45) is 8.62. The van der Waals surface area contributed by atoms with Crippen LogP contribution in [0.5, 0.6) is 0 Å². The van der Waals surface area contributed by atoms with Gasteiger partial charge < -0.3 is 0 Å². The van der Waals surface area contributed by atoms with E-state index in [1.165, 1.54) is 0 Å². The minimum absolute atomic E-state index is 0.521. The van der Waals surface area contributed by atoms with E-state index >= 15 is 0 Å². The number of allylic oxidation sites excluding steroid dienone is 3. The molecule has 0 rings (SSSR count). The van der Waals surface area contributed by atoms with Gasteiger partial charge >= 0.3 is 0 Å². The van der Waals surface area contributed by atoms with Crippen molar-refractivity contribution in [2.75, 3.05) is 0 Å². The zero-order valence-electron chi connectivity index (χ0n) is 6.39. The lowest BCUT2D eigenvalue weighted by molar-refractivity contribution is 0.561. The molecule has 10 heavy (non-hydrogen) atoms. The fourth-order valence-electron chi connectivity index (χ4n) is 0.552. The van der Waals surface area contributed by atoms with E-state index in [0.29, 0.717) is 12.0 Å². The van der Waals surface area contributed by atoms with Gasteiger partial charge in [-0.3, -0.25) is 4.79 Å². The second-order valence-corrected chi connectivity index (χ2v) is 2.17. The Kier molecular flexibility index (Phi) is 5.74. The predicted molar refractivity (Wildman–Crippen MR) is 43.5 cm³/mol. The molecule has 0 saturated heterocycles. The lowest BCUT2D eigenvalue weighted by Gasteiger charge is -1.86. The molecule has 1 radical (unpaired) electrons. The van der Waals surface area contributed by atoms with Gasteiger partial charge in [-0.1, -0.05) is 32.1 Å². The second kappa shape index (κ2) is 6.27. The predicted octanol–water partition coefficient (Wildman–Crippen LogP) is 2.40. The maximum absolute atomic E-state index is 9.91. The standard InChI is InChI=1S/C9H13O/c1-3-4-5-6-7-9(2)8-10/h5-6H,2-4,7H2,1H3. The van der Waals surface area contributed by atoms with E-state index in [1.54, 1.807) is 6.29 Å². The van der Waals surface area contributed by atoms with Crippen LogP contribution in [0.25, 0.3) is 0 Å². The number of hydrogen-bond acceptors (Lipinski definition) is 1. The van der Waals surface area contributed by atoms with Gasteiger partial charge in [-0.15, -0.1) is 0 Å². The topological polar surface area (TPSA) is 17.1 Å². The molecular weight excluding hydrogens is 124 g/mol. The van der Waals surface area contributed by atoms with Crippen molar-refractivity contribution in [3.8, 4) is 0 Å². The van der Waals surface area contributed by atoms with Crippen molar-refractivity contribution in [3.05, 3.63) is 24.3 Å². The Morgan fingerprint density at radius 3 is 2.80 bits per heavy atom. The Morgan fingerprint density at radius 2 is 2.30 bits per heavy atom. The number of hydrogen-bond donors (Lipinski definition) is 0. The minimum atomic E-state index is 0.521. The monoisotopic (exact) mass is 137 g/mol.